The third-order valence-corrected chi connectivity index (χ3v) is 3.94. The monoisotopic (exact) mass is 267 g/mol. The zero-order chi connectivity index (χ0) is 13.8. The Morgan fingerprint density at radius 1 is 1.00 bits per heavy atom. The number of benzene rings is 2. The molecule has 2 aromatic carbocycles. The van der Waals surface area contributed by atoms with Gasteiger partial charge in [0.1, 0.15) is 5.75 Å². The molecule has 2 heteroatoms. The number of nitrogens with one attached hydrogen (secondary N) is 1. The Hall–Kier alpha value is -1.80. The van der Waals surface area contributed by atoms with Crippen molar-refractivity contribution in [2.24, 2.45) is 0 Å². The van der Waals surface area contributed by atoms with E-state index < -0.39 is 0 Å². The van der Waals surface area contributed by atoms with E-state index in [0.717, 1.165) is 18.8 Å². The molecule has 0 saturated carbocycles. The molecule has 2 aromatic rings. The molecule has 1 heterocycles. The third kappa shape index (κ3) is 2.86. The van der Waals surface area contributed by atoms with Crippen molar-refractivity contribution in [3.63, 3.8) is 0 Å². The number of hydrogen-bond donors (Lipinski definition) is 1. The van der Waals surface area contributed by atoms with E-state index in [-0.39, 0.29) is 0 Å². The van der Waals surface area contributed by atoms with Gasteiger partial charge >= 0.3 is 0 Å². The second-order valence-electron chi connectivity index (χ2n) is 5.27. The minimum atomic E-state index is 0.685. The van der Waals surface area contributed by atoms with Crippen LogP contribution in [0.25, 0.3) is 11.1 Å². The largest absolute Gasteiger partial charge is 0.494 e. The van der Waals surface area contributed by atoms with Crippen molar-refractivity contribution in [2.75, 3.05) is 19.7 Å². The molecule has 0 amide bonds. The fourth-order valence-corrected chi connectivity index (χ4v) is 2.80. The van der Waals surface area contributed by atoms with E-state index in [1.807, 2.05) is 19.1 Å². The van der Waals surface area contributed by atoms with Crippen molar-refractivity contribution < 1.29 is 4.74 Å². The van der Waals surface area contributed by atoms with E-state index >= 15 is 0 Å². The molecular weight excluding hydrogens is 246 g/mol. The van der Waals surface area contributed by atoms with Gasteiger partial charge in [-0.05, 0) is 54.6 Å². The molecule has 1 atom stereocenters. The van der Waals surface area contributed by atoms with Crippen LogP contribution in [0.15, 0.2) is 48.5 Å². The van der Waals surface area contributed by atoms with E-state index in [0.29, 0.717) is 12.5 Å². The van der Waals surface area contributed by atoms with Crippen molar-refractivity contribution in [1.29, 1.82) is 0 Å². The maximum absolute atomic E-state index is 5.48. The van der Waals surface area contributed by atoms with Crippen LogP contribution in [-0.4, -0.2) is 19.7 Å². The van der Waals surface area contributed by atoms with Crippen LogP contribution in [0.3, 0.4) is 0 Å². The lowest BCUT2D eigenvalue weighted by atomic mass is 9.96. The van der Waals surface area contributed by atoms with Crippen molar-refractivity contribution in [3.05, 3.63) is 54.1 Å². The molecule has 3 rings (SSSR count). The molecule has 1 unspecified atom stereocenters. The van der Waals surface area contributed by atoms with Crippen LogP contribution in [0.5, 0.6) is 5.75 Å². The van der Waals surface area contributed by atoms with Gasteiger partial charge in [0.15, 0.2) is 0 Å². The van der Waals surface area contributed by atoms with Crippen LogP contribution in [0, 0.1) is 0 Å². The van der Waals surface area contributed by atoms with Gasteiger partial charge in [-0.1, -0.05) is 36.4 Å². The third-order valence-electron chi connectivity index (χ3n) is 3.94. The van der Waals surface area contributed by atoms with E-state index in [1.165, 1.54) is 23.1 Å². The average Bonchev–Trinajstić information content (AvgIpc) is 3.03. The minimum absolute atomic E-state index is 0.685. The Labute approximate surface area is 120 Å². The van der Waals surface area contributed by atoms with Gasteiger partial charge in [0.2, 0.25) is 0 Å². The number of ether oxygens (including phenoxy) is 1. The second-order valence-corrected chi connectivity index (χ2v) is 5.27. The van der Waals surface area contributed by atoms with Gasteiger partial charge in [-0.3, -0.25) is 0 Å². The van der Waals surface area contributed by atoms with Crippen molar-refractivity contribution in [1.82, 2.24) is 5.32 Å². The van der Waals surface area contributed by atoms with Crippen molar-refractivity contribution in [3.8, 4) is 16.9 Å². The molecule has 104 valence electrons. The van der Waals surface area contributed by atoms with Gasteiger partial charge in [-0.2, -0.15) is 0 Å². The standard InChI is InChI=1S/C18H21NO/c1-2-20-18-9-7-15(8-10-18)14-3-5-16(6-4-14)17-11-12-19-13-17/h3-10,17,19H,2,11-13H2,1H3. The van der Waals surface area contributed by atoms with Crippen LogP contribution in [-0.2, 0) is 0 Å². The summed E-state index contributed by atoms with van der Waals surface area (Å²) in [6, 6.07) is 17.3. The van der Waals surface area contributed by atoms with Crippen LogP contribution in [0.2, 0.25) is 0 Å². The molecular formula is C18H21NO. The second kappa shape index (κ2) is 6.10. The zero-order valence-corrected chi connectivity index (χ0v) is 11.9. The summed E-state index contributed by atoms with van der Waals surface area (Å²) in [5, 5.41) is 3.42. The first-order valence-electron chi connectivity index (χ1n) is 7.40. The Kier molecular flexibility index (Phi) is 4.03. The fourth-order valence-electron chi connectivity index (χ4n) is 2.80. The van der Waals surface area contributed by atoms with E-state index in [1.54, 1.807) is 0 Å². The summed E-state index contributed by atoms with van der Waals surface area (Å²) in [4.78, 5) is 0. The summed E-state index contributed by atoms with van der Waals surface area (Å²) in [6.45, 7) is 4.97. The minimum Gasteiger partial charge on any atom is -0.494 e. The van der Waals surface area contributed by atoms with Gasteiger partial charge in [0.05, 0.1) is 6.61 Å². The lowest BCUT2D eigenvalue weighted by Gasteiger charge is -2.10. The molecule has 0 aliphatic carbocycles. The van der Waals surface area contributed by atoms with Crippen molar-refractivity contribution >= 4 is 0 Å². The summed E-state index contributed by atoms with van der Waals surface area (Å²) in [5.74, 6) is 1.62. The first kappa shape index (κ1) is 13.2. The molecule has 20 heavy (non-hydrogen) atoms. The Morgan fingerprint density at radius 3 is 2.20 bits per heavy atom. The van der Waals surface area contributed by atoms with Crippen LogP contribution < -0.4 is 10.1 Å². The molecule has 2 nitrogen and oxygen atoms in total. The van der Waals surface area contributed by atoms with Crippen molar-refractivity contribution in [2.45, 2.75) is 19.3 Å². The van der Waals surface area contributed by atoms with E-state index in [2.05, 4.69) is 41.7 Å². The van der Waals surface area contributed by atoms with Crippen LogP contribution >= 0.6 is 0 Å². The first-order valence-corrected chi connectivity index (χ1v) is 7.40. The average molecular weight is 267 g/mol. The highest BCUT2D eigenvalue weighted by Gasteiger charge is 2.16. The molecule has 0 spiro atoms. The summed E-state index contributed by atoms with van der Waals surface area (Å²) in [7, 11) is 0. The van der Waals surface area contributed by atoms with Gasteiger partial charge in [-0.25, -0.2) is 0 Å². The highest BCUT2D eigenvalue weighted by atomic mass is 16.5. The molecule has 0 bridgehead atoms. The SMILES string of the molecule is CCOc1ccc(-c2ccc(C3CCNC3)cc2)cc1. The van der Waals surface area contributed by atoms with Gasteiger partial charge in [0, 0.05) is 6.54 Å². The summed E-state index contributed by atoms with van der Waals surface area (Å²) in [5.41, 5.74) is 3.96. The molecule has 0 aromatic heterocycles. The maximum Gasteiger partial charge on any atom is 0.119 e. The topological polar surface area (TPSA) is 21.3 Å². The highest BCUT2D eigenvalue weighted by Crippen LogP contribution is 2.27. The smallest absolute Gasteiger partial charge is 0.119 e. The van der Waals surface area contributed by atoms with Crippen LogP contribution in [0.4, 0.5) is 0 Å². The molecule has 1 saturated heterocycles. The van der Waals surface area contributed by atoms with Crippen LogP contribution in [0.1, 0.15) is 24.8 Å². The Morgan fingerprint density at radius 2 is 1.65 bits per heavy atom. The van der Waals surface area contributed by atoms with E-state index in [4.69, 9.17) is 4.74 Å². The van der Waals surface area contributed by atoms with E-state index in [9.17, 15) is 0 Å². The zero-order valence-electron chi connectivity index (χ0n) is 11.9. The number of rotatable bonds is 4. The predicted octanol–water partition coefficient (Wildman–Crippen LogP) is 3.83. The Bertz CT molecular complexity index is 539. The lowest BCUT2D eigenvalue weighted by Crippen LogP contribution is -2.07. The maximum atomic E-state index is 5.48. The normalized spacial score (nSPS) is 18.1. The lowest BCUT2D eigenvalue weighted by molar-refractivity contribution is 0.340. The molecule has 0 radical (unpaired) electrons. The molecule has 1 aliphatic heterocycles. The predicted molar refractivity (Wildman–Crippen MR) is 83.3 cm³/mol. The number of hydrogen-bond acceptors (Lipinski definition) is 2. The first-order chi connectivity index (χ1) is 9.86. The summed E-state index contributed by atoms with van der Waals surface area (Å²) >= 11 is 0. The fraction of sp³-hybridized carbons (Fsp3) is 0.333. The molecule has 1 N–H and O–H groups in total. The van der Waals surface area contributed by atoms with Gasteiger partial charge < -0.3 is 10.1 Å². The van der Waals surface area contributed by atoms with Gasteiger partial charge in [0.25, 0.3) is 0 Å². The molecule has 1 aliphatic rings. The summed E-state index contributed by atoms with van der Waals surface area (Å²) in [6.07, 6.45) is 1.25. The quantitative estimate of drug-likeness (QED) is 0.909. The molecule has 1 fully saturated rings. The van der Waals surface area contributed by atoms with Gasteiger partial charge in [-0.15, -0.1) is 0 Å². The Balaban J connectivity index is 1.76. The summed E-state index contributed by atoms with van der Waals surface area (Å²) < 4.78 is 5.48. The highest BCUT2D eigenvalue weighted by molar-refractivity contribution is 5.64.